The smallest absolute Gasteiger partial charge is 0.0541 e. The number of aromatic nitrogens is 3. The molecule has 318 valence electrons. The summed E-state index contributed by atoms with van der Waals surface area (Å²) in [5.74, 6) is 0. The van der Waals surface area contributed by atoms with Crippen molar-refractivity contribution in [2.45, 2.75) is 6.92 Å². The fraction of sp³-hybridized carbons (Fsp3) is 0.0159. The molecule has 0 aliphatic carbocycles. The Morgan fingerprint density at radius 3 is 1.39 bits per heavy atom. The van der Waals surface area contributed by atoms with Gasteiger partial charge in [-0.25, -0.2) is 0 Å². The Bertz CT molecular complexity index is 3700. The molecule has 0 aliphatic heterocycles. The standard InChI is InChI=1S/C63H46N4/c1-2-59(51-25-21-47(22-26-51)45-13-5-3-6-14-45)66(56-33-29-54(30-34-56)64-41-39-49-17-9-11-19-60(49)64)58-37-38-62-53(43-58)44-63(52-27-23-48(24-28-52)46-15-7-4-8-16-46)67(62)57-35-31-55(32-36-57)65-42-40-50-18-10-12-20-61(50)65/h2-44H,1H3/b59-2-. The molecule has 0 unspecified atom stereocenters. The quantitative estimate of drug-likeness (QED) is 0.134. The maximum atomic E-state index is 2.41. The highest BCUT2D eigenvalue weighted by atomic mass is 15.2. The molecule has 3 aromatic heterocycles. The van der Waals surface area contributed by atoms with Crippen LogP contribution >= 0.6 is 0 Å². The number of rotatable bonds is 10. The summed E-state index contributed by atoms with van der Waals surface area (Å²) in [6.45, 7) is 2.14. The molecule has 0 atom stereocenters. The second-order valence-corrected chi connectivity index (χ2v) is 17.0. The van der Waals surface area contributed by atoms with Gasteiger partial charge < -0.3 is 18.6 Å². The normalized spacial score (nSPS) is 11.7. The van der Waals surface area contributed by atoms with Crippen molar-refractivity contribution < 1.29 is 0 Å². The predicted molar refractivity (Wildman–Crippen MR) is 282 cm³/mol. The summed E-state index contributed by atoms with van der Waals surface area (Å²) in [7, 11) is 0. The minimum atomic E-state index is 1.07. The van der Waals surface area contributed by atoms with Gasteiger partial charge in [0, 0.05) is 51.9 Å². The Kier molecular flexibility index (Phi) is 10.0. The first-order valence-electron chi connectivity index (χ1n) is 22.9. The minimum Gasteiger partial charge on any atom is -0.317 e. The number of anilines is 2. The maximum Gasteiger partial charge on any atom is 0.0541 e. The molecular formula is C63H46N4. The molecule has 4 heteroatoms. The third kappa shape index (κ3) is 7.31. The van der Waals surface area contributed by atoms with Crippen LogP contribution < -0.4 is 4.90 Å². The number of para-hydroxylation sites is 2. The van der Waals surface area contributed by atoms with Crippen LogP contribution in [-0.2, 0) is 0 Å². The summed E-state index contributed by atoms with van der Waals surface area (Å²) in [6, 6.07) is 87.7. The summed E-state index contributed by atoms with van der Waals surface area (Å²) in [5.41, 5.74) is 18.3. The van der Waals surface area contributed by atoms with E-state index < -0.39 is 0 Å². The van der Waals surface area contributed by atoms with Crippen LogP contribution in [0.15, 0.2) is 261 Å². The first kappa shape index (κ1) is 39.7. The lowest BCUT2D eigenvalue weighted by Crippen LogP contribution is -2.15. The molecule has 3 heterocycles. The zero-order chi connectivity index (χ0) is 44.7. The lowest BCUT2D eigenvalue weighted by Gasteiger charge is -2.29. The Balaban J connectivity index is 0.990. The highest BCUT2D eigenvalue weighted by Crippen LogP contribution is 2.40. The summed E-state index contributed by atoms with van der Waals surface area (Å²) >= 11 is 0. The first-order chi connectivity index (χ1) is 33.2. The van der Waals surface area contributed by atoms with Crippen LogP contribution in [0.25, 0.3) is 89.0 Å². The van der Waals surface area contributed by atoms with Crippen LogP contribution in [0.5, 0.6) is 0 Å². The molecular weight excluding hydrogens is 813 g/mol. The fourth-order valence-electron chi connectivity index (χ4n) is 9.75. The van der Waals surface area contributed by atoms with Gasteiger partial charge >= 0.3 is 0 Å². The molecule has 0 N–H and O–H groups in total. The molecule has 0 radical (unpaired) electrons. The van der Waals surface area contributed by atoms with Gasteiger partial charge in [0.25, 0.3) is 0 Å². The van der Waals surface area contributed by atoms with Crippen molar-refractivity contribution in [1.29, 1.82) is 0 Å². The summed E-state index contributed by atoms with van der Waals surface area (Å²) in [5, 5.41) is 3.60. The third-order valence-corrected chi connectivity index (χ3v) is 13.1. The van der Waals surface area contributed by atoms with Gasteiger partial charge in [-0.05, 0) is 148 Å². The van der Waals surface area contributed by atoms with E-state index in [1.54, 1.807) is 0 Å². The van der Waals surface area contributed by atoms with Crippen molar-refractivity contribution >= 4 is 49.8 Å². The van der Waals surface area contributed by atoms with E-state index in [1.165, 1.54) is 44.1 Å². The van der Waals surface area contributed by atoms with E-state index in [-0.39, 0.29) is 0 Å². The van der Waals surface area contributed by atoms with E-state index in [9.17, 15) is 0 Å². The van der Waals surface area contributed by atoms with Crippen molar-refractivity contribution in [2.75, 3.05) is 4.90 Å². The fourth-order valence-corrected chi connectivity index (χ4v) is 9.75. The molecule has 12 aromatic rings. The molecule has 0 saturated heterocycles. The van der Waals surface area contributed by atoms with Gasteiger partial charge in [0.2, 0.25) is 0 Å². The van der Waals surface area contributed by atoms with Crippen LogP contribution in [0.1, 0.15) is 12.5 Å². The van der Waals surface area contributed by atoms with E-state index in [0.29, 0.717) is 0 Å². The molecule has 0 amide bonds. The molecule has 0 spiro atoms. The maximum absolute atomic E-state index is 2.41. The Labute approximate surface area is 390 Å². The topological polar surface area (TPSA) is 18.0 Å². The molecule has 67 heavy (non-hydrogen) atoms. The lowest BCUT2D eigenvalue weighted by molar-refractivity contribution is 1.10. The molecule has 0 bridgehead atoms. The minimum absolute atomic E-state index is 1.07. The zero-order valence-corrected chi connectivity index (χ0v) is 37.1. The highest BCUT2D eigenvalue weighted by Gasteiger charge is 2.20. The Hall–Kier alpha value is -8.86. The molecule has 12 rings (SSSR count). The van der Waals surface area contributed by atoms with Crippen LogP contribution in [0, 0.1) is 0 Å². The number of hydrogen-bond acceptors (Lipinski definition) is 1. The van der Waals surface area contributed by atoms with Crippen molar-refractivity contribution in [3.8, 4) is 50.6 Å². The average Bonchev–Trinajstić information content (AvgIpc) is 4.15. The second-order valence-electron chi connectivity index (χ2n) is 17.0. The monoisotopic (exact) mass is 858 g/mol. The second kappa shape index (κ2) is 16.9. The van der Waals surface area contributed by atoms with Gasteiger partial charge in [-0.15, -0.1) is 0 Å². The van der Waals surface area contributed by atoms with Crippen molar-refractivity contribution in [2.24, 2.45) is 0 Å². The first-order valence-corrected chi connectivity index (χ1v) is 22.9. The van der Waals surface area contributed by atoms with E-state index in [1.807, 2.05) is 0 Å². The number of benzene rings is 9. The lowest BCUT2D eigenvalue weighted by atomic mass is 10.0. The highest BCUT2D eigenvalue weighted by molar-refractivity contribution is 5.96. The molecule has 0 aliphatic rings. The Morgan fingerprint density at radius 2 is 0.821 bits per heavy atom. The van der Waals surface area contributed by atoms with Gasteiger partial charge in [-0.1, -0.05) is 152 Å². The number of hydrogen-bond donors (Lipinski definition) is 0. The molecule has 4 nitrogen and oxygen atoms in total. The SMILES string of the molecule is C/C=C(/c1ccc(-c2ccccc2)cc1)N(c1ccc(-n2ccc3ccccc32)cc1)c1ccc2c(c1)cc(-c1ccc(-c3ccccc3)cc1)n2-c1ccc(-n2ccc3ccccc32)cc1. The molecule has 0 saturated carbocycles. The zero-order valence-electron chi connectivity index (χ0n) is 37.1. The molecule has 0 fully saturated rings. The van der Waals surface area contributed by atoms with Crippen LogP contribution in [-0.4, -0.2) is 13.7 Å². The predicted octanol–water partition coefficient (Wildman–Crippen LogP) is 16.7. The number of fused-ring (bicyclic) bond motifs is 3. The van der Waals surface area contributed by atoms with Gasteiger partial charge in [0.05, 0.1) is 22.2 Å². The van der Waals surface area contributed by atoms with E-state index in [2.05, 4.69) is 287 Å². The van der Waals surface area contributed by atoms with Crippen molar-refractivity contribution in [3.63, 3.8) is 0 Å². The number of nitrogens with zero attached hydrogens (tertiary/aromatic N) is 4. The van der Waals surface area contributed by atoms with E-state index in [4.69, 9.17) is 0 Å². The summed E-state index contributed by atoms with van der Waals surface area (Å²) < 4.78 is 6.93. The Morgan fingerprint density at radius 1 is 0.358 bits per heavy atom. The third-order valence-electron chi connectivity index (χ3n) is 13.1. The average molecular weight is 859 g/mol. The van der Waals surface area contributed by atoms with E-state index in [0.717, 1.165) is 61.9 Å². The van der Waals surface area contributed by atoms with Crippen LogP contribution in [0.4, 0.5) is 11.4 Å². The van der Waals surface area contributed by atoms with Crippen LogP contribution in [0.2, 0.25) is 0 Å². The van der Waals surface area contributed by atoms with Gasteiger partial charge in [-0.2, -0.15) is 0 Å². The molecule has 9 aromatic carbocycles. The van der Waals surface area contributed by atoms with Crippen molar-refractivity contribution in [1.82, 2.24) is 13.7 Å². The van der Waals surface area contributed by atoms with Gasteiger partial charge in [-0.3, -0.25) is 0 Å². The summed E-state index contributed by atoms with van der Waals surface area (Å²) in [6.07, 6.45) is 6.55. The van der Waals surface area contributed by atoms with E-state index >= 15 is 0 Å². The summed E-state index contributed by atoms with van der Waals surface area (Å²) in [4.78, 5) is 2.40. The van der Waals surface area contributed by atoms with Crippen molar-refractivity contribution in [3.05, 3.63) is 267 Å². The van der Waals surface area contributed by atoms with Gasteiger partial charge in [0.1, 0.15) is 0 Å². The van der Waals surface area contributed by atoms with Crippen LogP contribution in [0.3, 0.4) is 0 Å². The largest absolute Gasteiger partial charge is 0.317 e. The number of allylic oxidation sites excluding steroid dienone is 1. The van der Waals surface area contributed by atoms with Gasteiger partial charge in [0.15, 0.2) is 0 Å².